The molecule has 0 spiro atoms. The molecule has 76 valence electrons. The van der Waals surface area contributed by atoms with Gasteiger partial charge in [0.25, 0.3) is 5.69 Å². The smallest absolute Gasteiger partial charge is 0.324 e. The van der Waals surface area contributed by atoms with Crippen LogP contribution in [0.25, 0.3) is 0 Å². The molecular weight excluding hydrogens is 211 g/mol. The van der Waals surface area contributed by atoms with Gasteiger partial charge < -0.3 is 9.79 Å². The monoisotopic (exact) mass is 218 g/mol. The fourth-order valence-corrected chi connectivity index (χ4v) is 1.65. The van der Waals surface area contributed by atoms with E-state index in [1.165, 1.54) is 12.3 Å². The maximum atomic E-state index is 10.6. The number of nitro groups is 1. The Kier molecular flexibility index (Phi) is 2.95. The van der Waals surface area contributed by atoms with Crippen molar-refractivity contribution >= 4 is 13.3 Å². The van der Waals surface area contributed by atoms with Gasteiger partial charge in [0, 0.05) is 11.8 Å². The van der Waals surface area contributed by atoms with E-state index in [0.29, 0.717) is 0 Å². The van der Waals surface area contributed by atoms with Crippen molar-refractivity contribution in [2.75, 3.05) is 0 Å². The lowest BCUT2D eigenvalue weighted by Gasteiger charge is -2.03. The first kappa shape index (κ1) is 10.8. The van der Waals surface area contributed by atoms with E-state index in [1.807, 2.05) is 0 Å². The third-order valence-electron chi connectivity index (χ3n) is 1.46. The molecule has 0 aliphatic carbocycles. The van der Waals surface area contributed by atoms with Crippen LogP contribution in [-0.2, 0) is 10.7 Å². The van der Waals surface area contributed by atoms with Crippen LogP contribution in [0.3, 0.4) is 0 Å². The van der Waals surface area contributed by atoms with E-state index in [0.717, 1.165) is 6.20 Å². The van der Waals surface area contributed by atoms with Gasteiger partial charge >= 0.3 is 7.60 Å². The molecule has 0 bridgehead atoms. The number of pyridine rings is 1. The summed E-state index contributed by atoms with van der Waals surface area (Å²) in [5.74, 6) is 0. The molecular formula is C6H7N2O5P. The van der Waals surface area contributed by atoms with Gasteiger partial charge in [0.05, 0.1) is 11.1 Å². The van der Waals surface area contributed by atoms with Crippen LogP contribution in [-0.4, -0.2) is 19.7 Å². The average molecular weight is 218 g/mol. The maximum absolute atomic E-state index is 10.6. The Hall–Kier alpha value is -1.30. The highest BCUT2D eigenvalue weighted by molar-refractivity contribution is 7.50. The summed E-state index contributed by atoms with van der Waals surface area (Å²) in [4.78, 5) is 30.5. The molecule has 1 heterocycles. The molecule has 0 aliphatic heterocycles. The van der Waals surface area contributed by atoms with Crippen molar-refractivity contribution in [3.8, 4) is 0 Å². The second-order valence-corrected chi connectivity index (χ2v) is 4.23. The zero-order valence-electron chi connectivity index (χ0n) is 6.90. The first-order valence-corrected chi connectivity index (χ1v) is 5.32. The molecule has 1 rings (SSSR count). The Balaban J connectivity index is 3.08. The molecule has 0 aromatic carbocycles. The Morgan fingerprint density at radius 3 is 2.71 bits per heavy atom. The summed E-state index contributed by atoms with van der Waals surface area (Å²) in [7, 11) is -4.29. The maximum Gasteiger partial charge on any atom is 0.330 e. The molecule has 0 unspecified atom stereocenters. The quantitative estimate of drug-likeness (QED) is 0.437. The van der Waals surface area contributed by atoms with E-state index >= 15 is 0 Å². The lowest BCUT2D eigenvalue weighted by molar-refractivity contribution is -0.385. The van der Waals surface area contributed by atoms with E-state index in [9.17, 15) is 14.7 Å². The third kappa shape index (κ3) is 2.88. The SMILES string of the molecule is O=[N+]([O-])c1cnccc1CP(=O)(O)O. The molecule has 0 radical (unpaired) electrons. The zero-order chi connectivity index (χ0) is 10.8. The van der Waals surface area contributed by atoms with E-state index in [2.05, 4.69) is 4.98 Å². The van der Waals surface area contributed by atoms with Crippen molar-refractivity contribution in [2.45, 2.75) is 6.16 Å². The molecule has 0 atom stereocenters. The molecule has 1 aromatic heterocycles. The van der Waals surface area contributed by atoms with Gasteiger partial charge in [-0.25, -0.2) is 0 Å². The minimum absolute atomic E-state index is 0.0154. The summed E-state index contributed by atoms with van der Waals surface area (Å²) in [6.45, 7) is 0. The molecule has 0 saturated heterocycles. The normalized spacial score (nSPS) is 11.3. The molecule has 8 heteroatoms. The molecule has 0 aliphatic rings. The van der Waals surface area contributed by atoms with Crippen LogP contribution in [0.15, 0.2) is 18.5 Å². The minimum Gasteiger partial charge on any atom is -0.324 e. The summed E-state index contributed by atoms with van der Waals surface area (Å²) in [6.07, 6.45) is 1.56. The average Bonchev–Trinajstić information content (AvgIpc) is 2.01. The van der Waals surface area contributed by atoms with Crippen LogP contribution in [0.1, 0.15) is 5.56 Å². The van der Waals surface area contributed by atoms with E-state index < -0.39 is 18.7 Å². The van der Waals surface area contributed by atoms with E-state index in [1.54, 1.807) is 0 Å². The van der Waals surface area contributed by atoms with Gasteiger partial charge in [-0.3, -0.25) is 19.7 Å². The highest BCUT2D eigenvalue weighted by Gasteiger charge is 2.21. The minimum atomic E-state index is -4.29. The number of hydrogen-bond acceptors (Lipinski definition) is 4. The lowest BCUT2D eigenvalue weighted by atomic mass is 10.2. The first-order valence-electron chi connectivity index (χ1n) is 3.52. The number of hydrogen-bond donors (Lipinski definition) is 2. The van der Waals surface area contributed by atoms with E-state index in [4.69, 9.17) is 9.79 Å². The van der Waals surface area contributed by atoms with Crippen LogP contribution < -0.4 is 0 Å². The number of rotatable bonds is 3. The van der Waals surface area contributed by atoms with Crippen LogP contribution in [0, 0.1) is 10.1 Å². The Bertz CT molecular complexity index is 401. The largest absolute Gasteiger partial charge is 0.330 e. The summed E-state index contributed by atoms with van der Waals surface area (Å²) in [6, 6.07) is 1.22. The molecule has 14 heavy (non-hydrogen) atoms. The van der Waals surface area contributed by atoms with Gasteiger partial charge in [-0.2, -0.15) is 0 Å². The Labute approximate surface area is 78.7 Å². The van der Waals surface area contributed by atoms with Gasteiger partial charge in [0.1, 0.15) is 6.20 Å². The molecule has 0 saturated carbocycles. The third-order valence-corrected chi connectivity index (χ3v) is 2.21. The van der Waals surface area contributed by atoms with Crippen LogP contribution in [0.2, 0.25) is 0 Å². The van der Waals surface area contributed by atoms with Crippen LogP contribution in [0.5, 0.6) is 0 Å². The van der Waals surface area contributed by atoms with Crippen molar-refractivity contribution in [1.29, 1.82) is 0 Å². The van der Waals surface area contributed by atoms with Crippen molar-refractivity contribution < 1.29 is 19.3 Å². The first-order chi connectivity index (χ1) is 6.40. The van der Waals surface area contributed by atoms with Crippen molar-refractivity contribution in [3.63, 3.8) is 0 Å². The summed E-state index contributed by atoms with van der Waals surface area (Å²) in [5, 5.41) is 10.4. The van der Waals surface area contributed by atoms with Crippen LogP contribution in [0.4, 0.5) is 5.69 Å². The van der Waals surface area contributed by atoms with Gasteiger partial charge in [-0.15, -0.1) is 0 Å². The summed E-state index contributed by atoms with van der Waals surface area (Å²) >= 11 is 0. The van der Waals surface area contributed by atoms with Gasteiger partial charge in [-0.05, 0) is 6.07 Å². The number of nitrogens with zero attached hydrogens (tertiary/aromatic N) is 2. The van der Waals surface area contributed by atoms with Gasteiger partial charge in [-0.1, -0.05) is 0 Å². The molecule has 0 amide bonds. The summed E-state index contributed by atoms with van der Waals surface area (Å²) in [5.41, 5.74) is -0.394. The van der Waals surface area contributed by atoms with Crippen LogP contribution >= 0.6 is 7.60 Å². The lowest BCUT2D eigenvalue weighted by Crippen LogP contribution is -1.96. The highest BCUT2D eigenvalue weighted by atomic mass is 31.2. The fraction of sp³-hybridized carbons (Fsp3) is 0.167. The number of aromatic nitrogens is 1. The van der Waals surface area contributed by atoms with Crippen molar-refractivity contribution in [1.82, 2.24) is 4.98 Å². The Morgan fingerprint density at radius 2 is 2.21 bits per heavy atom. The van der Waals surface area contributed by atoms with Crippen molar-refractivity contribution in [2.24, 2.45) is 0 Å². The molecule has 2 N–H and O–H groups in total. The topological polar surface area (TPSA) is 114 Å². The van der Waals surface area contributed by atoms with Gasteiger partial charge in [0.2, 0.25) is 0 Å². The zero-order valence-corrected chi connectivity index (χ0v) is 7.79. The second-order valence-electron chi connectivity index (χ2n) is 2.58. The summed E-state index contributed by atoms with van der Waals surface area (Å²) < 4.78 is 10.6. The molecule has 1 aromatic rings. The van der Waals surface area contributed by atoms with Crippen molar-refractivity contribution in [3.05, 3.63) is 34.1 Å². The predicted octanol–water partition coefficient (Wildman–Crippen LogP) is 0.667. The highest BCUT2D eigenvalue weighted by Crippen LogP contribution is 2.40. The standard InChI is InChI=1S/C6H7N2O5P/c9-8(10)6-3-7-2-1-5(6)4-14(11,12)13/h1-3H,4H2,(H2,11,12,13). The fourth-order valence-electron chi connectivity index (χ4n) is 0.935. The molecule has 7 nitrogen and oxygen atoms in total. The predicted molar refractivity (Wildman–Crippen MR) is 46.6 cm³/mol. The Morgan fingerprint density at radius 1 is 1.57 bits per heavy atom. The van der Waals surface area contributed by atoms with Gasteiger partial charge in [0.15, 0.2) is 0 Å². The van der Waals surface area contributed by atoms with E-state index in [-0.39, 0.29) is 11.3 Å². The second kappa shape index (κ2) is 3.83. The molecule has 0 fully saturated rings.